The van der Waals surface area contributed by atoms with Gasteiger partial charge in [-0.1, -0.05) is 24.3 Å². The second-order valence-corrected chi connectivity index (χ2v) is 4.89. The molecule has 3 aromatic rings. The largest absolute Gasteiger partial charge is 0.504 e. The van der Waals surface area contributed by atoms with Gasteiger partial charge in [0.15, 0.2) is 11.5 Å². The molecule has 0 bridgehead atoms. The van der Waals surface area contributed by atoms with Crippen LogP contribution in [0.25, 0.3) is 10.8 Å². The lowest BCUT2D eigenvalue weighted by Gasteiger charge is -2.08. The maximum atomic E-state index is 9.90. The first-order valence-corrected chi connectivity index (χ1v) is 6.43. The van der Waals surface area contributed by atoms with Crippen molar-refractivity contribution in [1.29, 1.82) is 0 Å². The molecule has 0 aliphatic heterocycles. The fraction of sp³-hybridized carbons (Fsp3) is 0.0714. The van der Waals surface area contributed by atoms with E-state index in [1.807, 2.05) is 30.3 Å². The fourth-order valence-electron chi connectivity index (χ4n) is 1.79. The van der Waals surface area contributed by atoms with Crippen LogP contribution >= 0.6 is 11.3 Å². The van der Waals surface area contributed by atoms with Crippen molar-refractivity contribution in [2.75, 3.05) is 0 Å². The average Bonchev–Trinajstić information content (AvgIpc) is 2.89. The van der Waals surface area contributed by atoms with E-state index in [0.29, 0.717) is 12.4 Å². The summed E-state index contributed by atoms with van der Waals surface area (Å²) in [6.45, 7) is 0.427. The minimum atomic E-state index is 0.165. The highest BCUT2D eigenvalue weighted by Crippen LogP contribution is 2.32. The first-order chi connectivity index (χ1) is 8.83. The van der Waals surface area contributed by atoms with Gasteiger partial charge in [0.05, 0.1) is 10.4 Å². The van der Waals surface area contributed by atoms with Crippen molar-refractivity contribution in [3.63, 3.8) is 0 Å². The van der Waals surface area contributed by atoms with Gasteiger partial charge in [-0.2, -0.15) is 0 Å². The Morgan fingerprint density at radius 1 is 1.17 bits per heavy atom. The van der Waals surface area contributed by atoms with E-state index in [1.165, 1.54) is 11.3 Å². The molecule has 18 heavy (non-hydrogen) atoms. The van der Waals surface area contributed by atoms with E-state index in [-0.39, 0.29) is 5.75 Å². The second kappa shape index (κ2) is 4.66. The lowest BCUT2D eigenvalue weighted by atomic mass is 10.1. The minimum Gasteiger partial charge on any atom is -0.504 e. The number of nitrogens with zero attached hydrogens (tertiary/aromatic N) is 1. The van der Waals surface area contributed by atoms with Gasteiger partial charge >= 0.3 is 0 Å². The molecule has 2 aromatic carbocycles. The van der Waals surface area contributed by atoms with E-state index >= 15 is 0 Å². The summed E-state index contributed by atoms with van der Waals surface area (Å²) >= 11 is 1.53. The molecule has 1 N–H and O–H groups in total. The van der Waals surface area contributed by atoms with Gasteiger partial charge in [-0.15, -0.1) is 11.3 Å². The number of thiazole rings is 1. The summed E-state index contributed by atoms with van der Waals surface area (Å²) in [6.07, 6.45) is 1.77. The van der Waals surface area contributed by atoms with E-state index in [4.69, 9.17) is 4.74 Å². The van der Waals surface area contributed by atoms with Gasteiger partial charge in [-0.25, -0.2) is 0 Å². The zero-order valence-corrected chi connectivity index (χ0v) is 10.4. The lowest BCUT2D eigenvalue weighted by molar-refractivity contribution is 0.292. The standard InChI is InChI=1S/C14H11NO2S/c16-13-5-10-3-1-2-4-11(10)6-14(13)17-8-12-7-15-9-18-12/h1-7,9,16H,8H2. The number of aromatic nitrogens is 1. The highest BCUT2D eigenvalue weighted by Gasteiger charge is 2.05. The lowest BCUT2D eigenvalue weighted by Crippen LogP contribution is -1.93. The number of hydrogen-bond acceptors (Lipinski definition) is 4. The van der Waals surface area contributed by atoms with Crippen molar-refractivity contribution in [3.8, 4) is 11.5 Å². The Kier molecular flexibility index (Phi) is 2.86. The molecule has 0 saturated heterocycles. The van der Waals surface area contributed by atoms with Gasteiger partial charge in [-0.3, -0.25) is 4.98 Å². The number of hydrogen-bond donors (Lipinski definition) is 1. The molecule has 0 amide bonds. The highest BCUT2D eigenvalue weighted by molar-refractivity contribution is 7.09. The molecule has 0 aliphatic rings. The first kappa shape index (κ1) is 11.0. The molecule has 0 unspecified atom stereocenters. The number of phenolic OH excluding ortho intramolecular Hbond substituents is 1. The Morgan fingerprint density at radius 2 is 1.94 bits per heavy atom. The summed E-state index contributed by atoms with van der Waals surface area (Å²) in [5.41, 5.74) is 1.76. The summed E-state index contributed by atoms with van der Waals surface area (Å²) in [6, 6.07) is 11.4. The molecule has 3 rings (SSSR count). The van der Waals surface area contributed by atoms with Crippen molar-refractivity contribution in [2.24, 2.45) is 0 Å². The van der Waals surface area contributed by atoms with Crippen molar-refractivity contribution in [2.45, 2.75) is 6.61 Å². The predicted octanol–water partition coefficient (Wildman–Crippen LogP) is 3.58. The zero-order valence-electron chi connectivity index (χ0n) is 9.54. The topological polar surface area (TPSA) is 42.4 Å². The normalized spacial score (nSPS) is 10.7. The molecule has 0 aliphatic carbocycles. The van der Waals surface area contributed by atoms with Gasteiger partial charge in [0.1, 0.15) is 6.61 Å². The fourth-order valence-corrected chi connectivity index (χ4v) is 2.29. The van der Waals surface area contributed by atoms with Crippen LogP contribution in [0.2, 0.25) is 0 Å². The van der Waals surface area contributed by atoms with Gasteiger partial charge in [0.25, 0.3) is 0 Å². The van der Waals surface area contributed by atoms with Gasteiger partial charge in [0, 0.05) is 6.20 Å². The molecular weight excluding hydrogens is 246 g/mol. The van der Waals surface area contributed by atoms with E-state index in [0.717, 1.165) is 15.6 Å². The third kappa shape index (κ3) is 2.15. The maximum Gasteiger partial charge on any atom is 0.162 e. The molecule has 0 radical (unpaired) electrons. The molecule has 4 heteroatoms. The van der Waals surface area contributed by atoms with E-state index in [9.17, 15) is 5.11 Å². The number of ether oxygens (including phenoxy) is 1. The summed E-state index contributed by atoms with van der Waals surface area (Å²) in [5, 5.41) is 12.0. The van der Waals surface area contributed by atoms with Crippen molar-refractivity contribution >= 4 is 22.1 Å². The molecule has 1 aromatic heterocycles. The Bertz CT molecular complexity index is 665. The van der Waals surface area contributed by atoms with Crippen LogP contribution in [0.15, 0.2) is 48.1 Å². The monoisotopic (exact) mass is 257 g/mol. The summed E-state index contributed by atoms with van der Waals surface area (Å²) in [5.74, 6) is 0.667. The Balaban J connectivity index is 1.89. The summed E-state index contributed by atoms with van der Waals surface area (Å²) < 4.78 is 5.61. The van der Waals surface area contributed by atoms with Crippen molar-refractivity contribution in [3.05, 3.63) is 53.0 Å². The van der Waals surface area contributed by atoms with Crippen LogP contribution in [-0.4, -0.2) is 10.1 Å². The highest BCUT2D eigenvalue weighted by atomic mass is 32.1. The van der Waals surface area contributed by atoms with Crippen LogP contribution < -0.4 is 4.74 Å². The van der Waals surface area contributed by atoms with Crippen LogP contribution in [-0.2, 0) is 6.61 Å². The molecular formula is C14H11NO2S. The smallest absolute Gasteiger partial charge is 0.162 e. The summed E-state index contributed by atoms with van der Waals surface area (Å²) in [7, 11) is 0. The molecule has 0 saturated carbocycles. The molecule has 90 valence electrons. The number of aromatic hydroxyl groups is 1. The number of rotatable bonds is 3. The summed E-state index contributed by atoms with van der Waals surface area (Å²) in [4.78, 5) is 5.01. The van der Waals surface area contributed by atoms with Gasteiger partial charge in [-0.05, 0) is 22.9 Å². The quantitative estimate of drug-likeness (QED) is 0.779. The predicted molar refractivity (Wildman–Crippen MR) is 72.1 cm³/mol. The molecule has 0 spiro atoms. The molecule has 0 atom stereocenters. The van der Waals surface area contributed by atoms with Crippen LogP contribution in [0.4, 0.5) is 0 Å². The van der Waals surface area contributed by atoms with Crippen LogP contribution in [0.5, 0.6) is 11.5 Å². The van der Waals surface area contributed by atoms with Crippen LogP contribution in [0.1, 0.15) is 4.88 Å². The van der Waals surface area contributed by atoms with Crippen molar-refractivity contribution in [1.82, 2.24) is 4.98 Å². The Morgan fingerprint density at radius 3 is 2.67 bits per heavy atom. The van der Waals surface area contributed by atoms with Crippen LogP contribution in [0.3, 0.4) is 0 Å². The third-order valence-corrected chi connectivity index (χ3v) is 3.43. The SMILES string of the molecule is Oc1cc2ccccc2cc1OCc1cncs1. The zero-order chi connectivity index (χ0) is 12.4. The number of fused-ring (bicyclic) bond motifs is 1. The maximum absolute atomic E-state index is 9.90. The Labute approximate surface area is 108 Å². The molecule has 3 nitrogen and oxygen atoms in total. The second-order valence-electron chi connectivity index (χ2n) is 3.92. The molecule has 0 fully saturated rings. The van der Waals surface area contributed by atoms with Gasteiger partial charge in [0.2, 0.25) is 0 Å². The third-order valence-electron chi connectivity index (χ3n) is 2.68. The van der Waals surface area contributed by atoms with Crippen LogP contribution in [0, 0.1) is 0 Å². The van der Waals surface area contributed by atoms with Crippen molar-refractivity contribution < 1.29 is 9.84 Å². The van der Waals surface area contributed by atoms with E-state index in [1.54, 1.807) is 17.8 Å². The van der Waals surface area contributed by atoms with E-state index in [2.05, 4.69) is 4.98 Å². The van der Waals surface area contributed by atoms with Gasteiger partial charge < -0.3 is 9.84 Å². The number of phenols is 1. The Hall–Kier alpha value is -2.07. The molecule has 1 heterocycles. The number of benzene rings is 2. The minimum absolute atomic E-state index is 0.165. The average molecular weight is 257 g/mol. The van der Waals surface area contributed by atoms with E-state index < -0.39 is 0 Å². The first-order valence-electron chi connectivity index (χ1n) is 5.55.